The first-order valence-electron chi connectivity index (χ1n) is 8.06. The van der Waals surface area contributed by atoms with E-state index < -0.39 is 11.8 Å². The molecule has 26 heavy (non-hydrogen) atoms. The molecule has 0 saturated heterocycles. The van der Waals surface area contributed by atoms with Crippen molar-refractivity contribution in [3.8, 4) is 0 Å². The van der Waals surface area contributed by atoms with Crippen LogP contribution in [0.3, 0.4) is 0 Å². The molecule has 1 atom stereocenters. The molecule has 0 saturated carbocycles. The quantitative estimate of drug-likeness (QED) is 0.833. The van der Waals surface area contributed by atoms with Gasteiger partial charge in [-0.05, 0) is 23.8 Å². The fourth-order valence-corrected chi connectivity index (χ4v) is 2.36. The van der Waals surface area contributed by atoms with Crippen LogP contribution in [0.5, 0.6) is 0 Å². The molecule has 1 unspecified atom stereocenters. The van der Waals surface area contributed by atoms with Gasteiger partial charge in [-0.3, -0.25) is 4.79 Å². The Morgan fingerprint density at radius 1 is 1.15 bits per heavy atom. The third kappa shape index (κ3) is 5.03. The van der Waals surface area contributed by atoms with Crippen LogP contribution < -0.4 is 10.6 Å². The van der Waals surface area contributed by atoms with E-state index in [1.165, 1.54) is 17.0 Å². The SMILES string of the molecule is COC(CNC(=O)Nc1ccc(C(=O)N(C)C)cc1F)c1ccccc1. The predicted octanol–water partition coefficient (Wildman–Crippen LogP) is 3.04. The van der Waals surface area contributed by atoms with Gasteiger partial charge in [0, 0.05) is 33.3 Å². The minimum Gasteiger partial charge on any atom is -0.375 e. The largest absolute Gasteiger partial charge is 0.375 e. The van der Waals surface area contributed by atoms with Gasteiger partial charge >= 0.3 is 6.03 Å². The maximum atomic E-state index is 14.1. The second-order valence-corrected chi connectivity index (χ2v) is 5.86. The Bertz CT molecular complexity index is 766. The zero-order valence-electron chi connectivity index (χ0n) is 15.0. The van der Waals surface area contributed by atoms with E-state index in [2.05, 4.69) is 10.6 Å². The molecule has 0 spiro atoms. The molecule has 0 fully saturated rings. The van der Waals surface area contributed by atoms with Gasteiger partial charge in [0.25, 0.3) is 5.91 Å². The molecule has 0 aliphatic heterocycles. The number of methoxy groups -OCH3 is 1. The zero-order chi connectivity index (χ0) is 19.1. The highest BCUT2D eigenvalue weighted by Crippen LogP contribution is 2.17. The van der Waals surface area contributed by atoms with Crippen molar-refractivity contribution in [2.24, 2.45) is 0 Å². The summed E-state index contributed by atoms with van der Waals surface area (Å²) < 4.78 is 19.5. The van der Waals surface area contributed by atoms with E-state index >= 15 is 0 Å². The number of hydrogen-bond acceptors (Lipinski definition) is 3. The van der Waals surface area contributed by atoms with E-state index in [9.17, 15) is 14.0 Å². The molecule has 0 aliphatic carbocycles. The van der Waals surface area contributed by atoms with Crippen molar-refractivity contribution < 1.29 is 18.7 Å². The first-order chi connectivity index (χ1) is 12.4. The molecular weight excluding hydrogens is 337 g/mol. The lowest BCUT2D eigenvalue weighted by Crippen LogP contribution is -2.33. The van der Waals surface area contributed by atoms with E-state index in [-0.39, 0.29) is 29.8 Å². The van der Waals surface area contributed by atoms with Crippen molar-refractivity contribution in [1.29, 1.82) is 0 Å². The second-order valence-electron chi connectivity index (χ2n) is 5.86. The summed E-state index contributed by atoms with van der Waals surface area (Å²) in [5.41, 5.74) is 1.13. The Kier molecular flexibility index (Phi) is 6.68. The molecule has 0 bridgehead atoms. The van der Waals surface area contributed by atoms with Crippen LogP contribution in [0, 0.1) is 5.82 Å². The van der Waals surface area contributed by atoms with Gasteiger partial charge in [0.2, 0.25) is 0 Å². The highest BCUT2D eigenvalue weighted by atomic mass is 19.1. The zero-order valence-corrected chi connectivity index (χ0v) is 15.0. The monoisotopic (exact) mass is 359 g/mol. The third-order valence-electron chi connectivity index (χ3n) is 3.77. The van der Waals surface area contributed by atoms with Gasteiger partial charge in [0.1, 0.15) is 5.82 Å². The Morgan fingerprint density at radius 2 is 1.85 bits per heavy atom. The number of amides is 3. The van der Waals surface area contributed by atoms with Crippen LogP contribution in [0.25, 0.3) is 0 Å². The lowest BCUT2D eigenvalue weighted by molar-refractivity contribution is 0.0827. The molecule has 2 aromatic carbocycles. The summed E-state index contributed by atoms with van der Waals surface area (Å²) >= 11 is 0. The molecule has 6 nitrogen and oxygen atoms in total. The number of benzene rings is 2. The summed E-state index contributed by atoms with van der Waals surface area (Å²) in [6.45, 7) is 0.227. The van der Waals surface area contributed by atoms with E-state index in [1.807, 2.05) is 30.3 Å². The van der Waals surface area contributed by atoms with Crippen molar-refractivity contribution in [2.45, 2.75) is 6.10 Å². The van der Waals surface area contributed by atoms with Crippen LogP contribution in [0.1, 0.15) is 22.0 Å². The number of anilines is 1. The summed E-state index contributed by atoms with van der Waals surface area (Å²) in [5.74, 6) is -0.995. The average Bonchev–Trinajstić information content (AvgIpc) is 2.64. The fraction of sp³-hybridized carbons (Fsp3) is 0.263. The van der Waals surface area contributed by atoms with E-state index in [0.717, 1.165) is 11.6 Å². The maximum absolute atomic E-state index is 14.1. The van der Waals surface area contributed by atoms with Crippen LogP contribution in [0.4, 0.5) is 14.9 Å². The Labute approximate surface area is 152 Å². The molecule has 0 heterocycles. The number of carbonyl (C=O) groups is 2. The summed E-state index contributed by atoms with van der Waals surface area (Å²) in [4.78, 5) is 25.2. The van der Waals surface area contributed by atoms with Crippen LogP contribution in [0.2, 0.25) is 0 Å². The summed E-state index contributed by atoms with van der Waals surface area (Å²) in [5, 5.41) is 5.08. The minimum absolute atomic E-state index is 0.00789. The third-order valence-corrected chi connectivity index (χ3v) is 3.77. The summed E-state index contributed by atoms with van der Waals surface area (Å²) in [6.07, 6.45) is -0.313. The molecule has 7 heteroatoms. The van der Waals surface area contributed by atoms with Gasteiger partial charge in [0.05, 0.1) is 11.8 Å². The van der Waals surface area contributed by atoms with Crippen molar-refractivity contribution in [2.75, 3.05) is 33.1 Å². The van der Waals surface area contributed by atoms with Gasteiger partial charge in [-0.1, -0.05) is 30.3 Å². The van der Waals surface area contributed by atoms with Crippen LogP contribution in [-0.4, -0.2) is 44.6 Å². The molecular formula is C19H22FN3O3. The van der Waals surface area contributed by atoms with E-state index in [4.69, 9.17) is 4.74 Å². The number of nitrogens with one attached hydrogen (secondary N) is 2. The normalized spacial score (nSPS) is 11.5. The number of hydrogen-bond donors (Lipinski definition) is 2. The molecule has 2 aromatic rings. The van der Waals surface area contributed by atoms with E-state index in [0.29, 0.717) is 0 Å². The highest BCUT2D eigenvalue weighted by Gasteiger charge is 2.15. The molecule has 138 valence electrons. The lowest BCUT2D eigenvalue weighted by Gasteiger charge is -2.17. The molecule has 0 radical (unpaired) electrons. The van der Waals surface area contributed by atoms with Gasteiger partial charge < -0.3 is 20.3 Å². The number of urea groups is 1. The lowest BCUT2D eigenvalue weighted by atomic mass is 10.1. The van der Waals surface area contributed by atoms with Gasteiger partial charge in [-0.15, -0.1) is 0 Å². The summed E-state index contributed by atoms with van der Waals surface area (Å²) in [6, 6.07) is 12.8. The molecule has 3 amide bonds. The van der Waals surface area contributed by atoms with Gasteiger partial charge in [-0.2, -0.15) is 0 Å². The maximum Gasteiger partial charge on any atom is 0.319 e. The van der Waals surface area contributed by atoms with Gasteiger partial charge in [0.15, 0.2) is 0 Å². The standard InChI is InChI=1S/C19H22FN3O3/c1-23(2)18(24)14-9-10-16(15(20)11-14)22-19(25)21-12-17(26-3)13-7-5-4-6-8-13/h4-11,17H,12H2,1-3H3,(H2,21,22,25). The van der Waals surface area contributed by atoms with Gasteiger partial charge in [-0.25, -0.2) is 9.18 Å². The van der Waals surface area contributed by atoms with Crippen molar-refractivity contribution >= 4 is 17.6 Å². The average molecular weight is 359 g/mol. The number of rotatable bonds is 6. The number of nitrogens with zero attached hydrogens (tertiary/aromatic N) is 1. The Balaban J connectivity index is 1.96. The van der Waals surface area contributed by atoms with Crippen molar-refractivity contribution in [1.82, 2.24) is 10.2 Å². The molecule has 0 aromatic heterocycles. The summed E-state index contributed by atoms with van der Waals surface area (Å²) in [7, 11) is 4.72. The van der Waals surface area contributed by atoms with Crippen molar-refractivity contribution in [3.63, 3.8) is 0 Å². The van der Waals surface area contributed by atoms with E-state index in [1.54, 1.807) is 21.2 Å². The van der Waals surface area contributed by atoms with Crippen LogP contribution in [-0.2, 0) is 4.74 Å². The number of carbonyl (C=O) groups excluding carboxylic acids is 2. The number of halogens is 1. The first-order valence-corrected chi connectivity index (χ1v) is 8.06. The molecule has 0 aliphatic rings. The minimum atomic E-state index is -0.681. The molecule has 2 N–H and O–H groups in total. The van der Waals surface area contributed by atoms with Crippen LogP contribution >= 0.6 is 0 Å². The molecule has 2 rings (SSSR count). The Hall–Kier alpha value is -2.93. The predicted molar refractivity (Wildman–Crippen MR) is 97.6 cm³/mol. The van der Waals surface area contributed by atoms with Crippen LogP contribution in [0.15, 0.2) is 48.5 Å². The second kappa shape index (κ2) is 8.96. The number of ether oxygens (including phenoxy) is 1. The first kappa shape index (κ1) is 19.4. The Morgan fingerprint density at radius 3 is 2.42 bits per heavy atom. The smallest absolute Gasteiger partial charge is 0.319 e. The highest BCUT2D eigenvalue weighted by molar-refractivity contribution is 5.95. The fourth-order valence-electron chi connectivity index (χ4n) is 2.36. The topological polar surface area (TPSA) is 70.7 Å². The van der Waals surface area contributed by atoms with Crippen molar-refractivity contribution in [3.05, 3.63) is 65.5 Å².